The number of hydrogen-bond donors (Lipinski definition) is 1. The molecule has 0 aromatic heterocycles. The van der Waals surface area contributed by atoms with E-state index in [0.29, 0.717) is 29.0 Å². The second kappa shape index (κ2) is 5.80. The Kier molecular flexibility index (Phi) is 4.35. The van der Waals surface area contributed by atoms with E-state index in [0.717, 1.165) is 19.4 Å². The van der Waals surface area contributed by atoms with E-state index in [-0.39, 0.29) is 11.7 Å². The molecule has 1 fully saturated rings. The van der Waals surface area contributed by atoms with Crippen molar-refractivity contribution in [3.8, 4) is 0 Å². The molecule has 3 nitrogen and oxygen atoms in total. The van der Waals surface area contributed by atoms with Crippen LogP contribution in [0.1, 0.15) is 23.2 Å². The highest BCUT2D eigenvalue weighted by Crippen LogP contribution is 2.23. The van der Waals surface area contributed by atoms with Crippen molar-refractivity contribution in [3.05, 3.63) is 34.1 Å². The molecule has 5 heteroatoms. The van der Waals surface area contributed by atoms with Crippen LogP contribution in [0, 0.1) is 11.7 Å². The number of carbonyl (C=O) groups excluding carboxylic acids is 1. The number of halogens is 2. The van der Waals surface area contributed by atoms with E-state index in [9.17, 15) is 9.18 Å². The van der Waals surface area contributed by atoms with Crippen molar-refractivity contribution >= 4 is 21.8 Å². The van der Waals surface area contributed by atoms with Crippen molar-refractivity contribution in [2.24, 2.45) is 11.7 Å². The minimum Gasteiger partial charge on any atom is -0.338 e. The number of piperidine rings is 1. The van der Waals surface area contributed by atoms with Crippen molar-refractivity contribution in [2.45, 2.75) is 12.8 Å². The lowest BCUT2D eigenvalue weighted by molar-refractivity contribution is 0.0677. The average Bonchev–Trinajstić information content (AvgIpc) is 2.38. The molecular weight excluding hydrogens is 299 g/mol. The fraction of sp³-hybridized carbons (Fsp3) is 0.462. The van der Waals surface area contributed by atoms with E-state index in [4.69, 9.17) is 5.73 Å². The van der Waals surface area contributed by atoms with Gasteiger partial charge in [0.15, 0.2) is 0 Å². The van der Waals surface area contributed by atoms with Gasteiger partial charge in [-0.15, -0.1) is 0 Å². The molecule has 0 aliphatic carbocycles. The first-order valence-electron chi connectivity index (χ1n) is 6.06. The van der Waals surface area contributed by atoms with Gasteiger partial charge in [-0.25, -0.2) is 4.39 Å². The Bertz CT molecular complexity index is 453. The molecule has 98 valence electrons. The summed E-state index contributed by atoms with van der Waals surface area (Å²) < 4.78 is 13.5. The third-order valence-corrected chi connectivity index (χ3v) is 3.96. The normalized spacial score (nSPS) is 19.9. The van der Waals surface area contributed by atoms with Crippen LogP contribution in [0.5, 0.6) is 0 Å². The van der Waals surface area contributed by atoms with Crippen LogP contribution in [0.15, 0.2) is 22.7 Å². The van der Waals surface area contributed by atoms with Gasteiger partial charge in [0.2, 0.25) is 0 Å². The van der Waals surface area contributed by atoms with Crippen molar-refractivity contribution < 1.29 is 9.18 Å². The zero-order valence-electron chi connectivity index (χ0n) is 10.0. The molecule has 1 aromatic rings. The Morgan fingerprint density at radius 2 is 2.33 bits per heavy atom. The molecule has 1 aliphatic heterocycles. The maximum atomic E-state index is 13.0. The molecule has 0 bridgehead atoms. The van der Waals surface area contributed by atoms with Crippen LogP contribution in [-0.4, -0.2) is 30.4 Å². The van der Waals surface area contributed by atoms with Crippen LogP contribution >= 0.6 is 15.9 Å². The molecule has 1 amide bonds. The smallest absolute Gasteiger partial charge is 0.255 e. The largest absolute Gasteiger partial charge is 0.338 e. The van der Waals surface area contributed by atoms with Gasteiger partial charge in [0, 0.05) is 17.6 Å². The molecule has 1 aromatic carbocycles. The molecule has 2 rings (SSSR count). The first kappa shape index (κ1) is 13.5. The minimum absolute atomic E-state index is 0.0555. The van der Waals surface area contributed by atoms with E-state index < -0.39 is 0 Å². The summed E-state index contributed by atoms with van der Waals surface area (Å²) in [7, 11) is 0. The molecule has 2 N–H and O–H groups in total. The Morgan fingerprint density at radius 1 is 1.56 bits per heavy atom. The zero-order chi connectivity index (χ0) is 13.1. The number of nitrogens with zero attached hydrogens (tertiary/aromatic N) is 1. The molecule has 18 heavy (non-hydrogen) atoms. The number of amides is 1. The molecule has 0 radical (unpaired) electrons. The van der Waals surface area contributed by atoms with Gasteiger partial charge in [0.1, 0.15) is 5.82 Å². The highest BCUT2D eigenvalue weighted by molar-refractivity contribution is 9.10. The highest BCUT2D eigenvalue weighted by atomic mass is 79.9. The molecule has 0 spiro atoms. The van der Waals surface area contributed by atoms with Crippen LogP contribution in [0.2, 0.25) is 0 Å². The summed E-state index contributed by atoms with van der Waals surface area (Å²) in [5.74, 6) is -0.0288. The number of carbonyl (C=O) groups is 1. The zero-order valence-corrected chi connectivity index (χ0v) is 11.6. The number of benzene rings is 1. The van der Waals surface area contributed by atoms with Gasteiger partial charge in [0.25, 0.3) is 5.91 Å². The van der Waals surface area contributed by atoms with E-state index in [1.165, 1.54) is 18.2 Å². The van der Waals surface area contributed by atoms with Gasteiger partial charge in [-0.1, -0.05) is 0 Å². The number of hydrogen-bond acceptors (Lipinski definition) is 2. The first-order valence-corrected chi connectivity index (χ1v) is 6.85. The third-order valence-electron chi connectivity index (χ3n) is 3.30. The topological polar surface area (TPSA) is 46.3 Å². The van der Waals surface area contributed by atoms with E-state index in [2.05, 4.69) is 15.9 Å². The fourth-order valence-corrected chi connectivity index (χ4v) is 2.80. The molecule has 1 saturated heterocycles. The lowest BCUT2D eigenvalue weighted by Gasteiger charge is -2.32. The number of nitrogens with two attached hydrogens (primary N) is 1. The highest BCUT2D eigenvalue weighted by Gasteiger charge is 2.24. The van der Waals surface area contributed by atoms with E-state index >= 15 is 0 Å². The van der Waals surface area contributed by atoms with Crippen molar-refractivity contribution in [2.75, 3.05) is 19.6 Å². The molecule has 0 saturated carbocycles. The average molecular weight is 315 g/mol. The summed E-state index contributed by atoms with van der Waals surface area (Å²) in [5, 5.41) is 0. The molecule has 1 unspecified atom stereocenters. The summed E-state index contributed by atoms with van der Waals surface area (Å²) in [6.07, 6.45) is 2.05. The van der Waals surface area contributed by atoms with Crippen LogP contribution in [0.25, 0.3) is 0 Å². The molecular formula is C13H16BrFN2O. The summed E-state index contributed by atoms with van der Waals surface area (Å²) in [6.45, 7) is 2.05. The summed E-state index contributed by atoms with van der Waals surface area (Å²) in [6, 6.07) is 4.15. The Labute approximate surface area is 114 Å². The van der Waals surface area contributed by atoms with Crippen molar-refractivity contribution in [3.63, 3.8) is 0 Å². The molecule has 1 aliphatic rings. The standard InChI is InChI=1S/C13H16BrFN2O/c14-12-6-10(15)3-4-11(12)13(18)17-5-1-2-9(7-16)8-17/h3-4,6,9H,1-2,5,7-8,16H2. The van der Waals surface area contributed by atoms with Crippen molar-refractivity contribution in [1.29, 1.82) is 0 Å². The lowest BCUT2D eigenvalue weighted by atomic mass is 9.97. The second-order valence-electron chi connectivity index (χ2n) is 4.62. The third kappa shape index (κ3) is 2.90. The number of likely N-dealkylation sites (tertiary alicyclic amines) is 1. The Morgan fingerprint density at radius 3 is 3.00 bits per heavy atom. The van der Waals surface area contributed by atoms with Crippen LogP contribution in [0.3, 0.4) is 0 Å². The van der Waals surface area contributed by atoms with Gasteiger partial charge < -0.3 is 10.6 Å². The predicted molar refractivity (Wildman–Crippen MR) is 71.8 cm³/mol. The van der Waals surface area contributed by atoms with Crippen LogP contribution < -0.4 is 5.73 Å². The second-order valence-corrected chi connectivity index (χ2v) is 5.47. The van der Waals surface area contributed by atoms with Gasteiger partial charge in [-0.05, 0) is 59.4 Å². The van der Waals surface area contributed by atoms with Crippen LogP contribution in [0.4, 0.5) is 4.39 Å². The van der Waals surface area contributed by atoms with E-state index in [1.807, 2.05) is 0 Å². The number of rotatable bonds is 2. The first-order chi connectivity index (χ1) is 8.61. The summed E-state index contributed by atoms with van der Waals surface area (Å²) in [5.41, 5.74) is 6.17. The van der Waals surface area contributed by atoms with Gasteiger partial charge in [-0.3, -0.25) is 4.79 Å². The molecule has 1 heterocycles. The van der Waals surface area contributed by atoms with Crippen molar-refractivity contribution in [1.82, 2.24) is 4.90 Å². The quantitative estimate of drug-likeness (QED) is 0.911. The summed E-state index contributed by atoms with van der Waals surface area (Å²) >= 11 is 3.23. The monoisotopic (exact) mass is 314 g/mol. The summed E-state index contributed by atoms with van der Waals surface area (Å²) in [4.78, 5) is 14.1. The van der Waals surface area contributed by atoms with Gasteiger partial charge >= 0.3 is 0 Å². The van der Waals surface area contributed by atoms with Gasteiger partial charge in [0.05, 0.1) is 5.56 Å². The Hall–Kier alpha value is -0.940. The SMILES string of the molecule is NCC1CCCN(C(=O)c2ccc(F)cc2Br)C1. The lowest BCUT2D eigenvalue weighted by Crippen LogP contribution is -2.42. The molecule has 1 atom stereocenters. The predicted octanol–water partition coefficient (Wildman–Crippen LogP) is 2.40. The maximum Gasteiger partial charge on any atom is 0.255 e. The van der Waals surface area contributed by atoms with E-state index in [1.54, 1.807) is 4.90 Å². The minimum atomic E-state index is -0.350. The van der Waals surface area contributed by atoms with Gasteiger partial charge in [-0.2, -0.15) is 0 Å². The van der Waals surface area contributed by atoms with Crippen LogP contribution in [-0.2, 0) is 0 Å². The fourth-order valence-electron chi connectivity index (χ4n) is 2.28. The maximum absolute atomic E-state index is 13.0. The Balaban J connectivity index is 2.15.